The van der Waals surface area contributed by atoms with Crippen molar-refractivity contribution in [2.24, 2.45) is 0 Å². The molecule has 1 aromatic heterocycles. The number of carbonyl (C=O) groups is 1. The third-order valence-corrected chi connectivity index (χ3v) is 6.15. The van der Waals surface area contributed by atoms with Crippen molar-refractivity contribution in [2.75, 3.05) is 5.32 Å². The van der Waals surface area contributed by atoms with Crippen molar-refractivity contribution >= 4 is 22.4 Å². The highest BCUT2D eigenvalue weighted by Gasteiger charge is 2.30. The summed E-state index contributed by atoms with van der Waals surface area (Å²) in [6.45, 7) is 4.17. The Kier molecular flexibility index (Phi) is 5.48. The van der Waals surface area contributed by atoms with Gasteiger partial charge in [0.2, 0.25) is 0 Å². The quantitative estimate of drug-likeness (QED) is 0.669. The van der Waals surface area contributed by atoms with Crippen molar-refractivity contribution in [3.63, 3.8) is 0 Å². The molecule has 0 saturated heterocycles. The molecule has 5 heteroatoms. The molecule has 2 N–H and O–H groups in total. The lowest BCUT2D eigenvalue weighted by atomic mass is 9.85. The minimum atomic E-state index is -0.815. The molecule has 1 aliphatic carbocycles. The largest absolute Gasteiger partial charge is 0.388 e. The van der Waals surface area contributed by atoms with Gasteiger partial charge >= 0.3 is 0 Å². The number of benzene rings is 2. The summed E-state index contributed by atoms with van der Waals surface area (Å²) in [4.78, 5) is 26.0. The number of nitrogens with one attached hydrogen (secondary N) is 1. The summed E-state index contributed by atoms with van der Waals surface area (Å²) in [7, 11) is 0. The summed E-state index contributed by atoms with van der Waals surface area (Å²) in [6.07, 6.45) is 6.30. The molecule has 0 aliphatic heterocycles. The van der Waals surface area contributed by atoms with Crippen LogP contribution in [0.5, 0.6) is 0 Å². The number of pyridine rings is 1. The van der Waals surface area contributed by atoms with Gasteiger partial charge in [0.05, 0.1) is 12.1 Å². The first-order valence-electron chi connectivity index (χ1n) is 10.6. The van der Waals surface area contributed by atoms with Crippen LogP contribution in [0.25, 0.3) is 10.8 Å². The molecule has 1 heterocycles. The fourth-order valence-corrected chi connectivity index (χ4v) is 4.41. The van der Waals surface area contributed by atoms with Crippen molar-refractivity contribution in [1.29, 1.82) is 0 Å². The van der Waals surface area contributed by atoms with E-state index in [1.807, 2.05) is 44.2 Å². The molecule has 0 spiro atoms. The first-order chi connectivity index (χ1) is 14.4. The number of anilines is 1. The molecule has 30 heavy (non-hydrogen) atoms. The van der Waals surface area contributed by atoms with Gasteiger partial charge in [-0.15, -0.1) is 0 Å². The second-order valence-electron chi connectivity index (χ2n) is 8.57. The van der Waals surface area contributed by atoms with E-state index in [-0.39, 0.29) is 11.5 Å². The van der Waals surface area contributed by atoms with Gasteiger partial charge in [-0.25, -0.2) is 0 Å². The third-order valence-electron chi connectivity index (χ3n) is 6.15. The van der Waals surface area contributed by atoms with Crippen molar-refractivity contribution in [1.82, 2.24) is 4.57 Å². The summed E-state index contributed by atoms with van der Waals surface area (Å²) in [5.41, 5.74) is 2.20. The molecule has 5 nitrogen and oxygen atoms in total. The minimum absolute atomic E-state index is 0.144. The summed E-state index contributed by atoms with van der Waals surface area (Å²) < 4.78 is 1.60. The van der Waals surface area contributed by atoms with Crippen LogP contribution in [0.4, 0.5) is 5.69 Å². The van der Waals surface area contributed by atoms with Crippen LogP contribution >= 0.6 is 0 Å². The van der Waals surface area contributed by atoms with Gasteiger partial charge in [0.1, 0.15) is 0 Å². The maximum absolute atomic E-state index is 13.1. The average molecular weight is 405 g/mol. The lowest BCUT2D eigenvalue weighted by Gasteiger charge is -2.32. The van der Waals surface area contributed by atoms with E-state index < -0.39 is 5.60 Å². The van der Waals surface area contributed by atoms with E-state index in [0.717, 1.165) is 43.2 Å². The molecular formula is C25H28N2O3. The summed E-state index contributed by atoms with van der Waals surface area (Å²) in [5.74, 6) is -0.190. The SMILES string of the molecule is Cc1ccc(C)c(C(=O)Nc2cccc3c(=O)n(CC4(O)CCCCC4)ccc23)c1. The third kappa shape index (κ3) is 4.03. The standard InChI is InChI=1S/C25H28N2O3/c1-17-9-10-18(2)21(15-17)23(28)26-22-8-6-7-20-19(22)11-14-27(24(20)29)16-25(30)12-4-3-5-13-25/h6-11,14-15,30H,3-5,12-13,16H2,1-2H3,(H,26,28). The van der Waals surface area contributed by atoms with Crippen LogP contribution in [0.2, 0.25) is 0 Å². The van der Waals surface area contributed by atoms with Crippen LogP contribution in [0.15, 0.2) is 53.5 Å². The fraction of sp³-hybridized carbons (Fsp3) is 0.360. The fourth-order valence-electron chi connectivity index (χ4n) is 4.41. The van der Waals surface area contributed by atoms with Crippen LogP contribution < -0.4 is 10.9 Å². The molecule has 0 unspecified atom stereocenters. The number of hydrogen-bond donors (Lipinski definition) is 2. The van der Waals surface area contributed by atoms with Gasteiger partial charge in [0, 0.05) is 28.2 Å². The first-order valence-corrected chi connectivity index (χ1v) is 10.6. The number of fused-ring (bicyclic) bond motifs is 1. The highest BCUT2D eigenvalue weighted by molar-refractivity contribution is 6.09. The Hall–Kier alpha value is -2.92. The molecule has 1 aliphatic rings. The number of aliphatic hydroxyl groups is 1. The van der Waals surface area contributed by atoms with Gasteiger partial charge < -0.3 is 15.0 Å². The van der Waals surface area contributed by atoms with Gasteiger partial charge in [-0.05, 0) is 56.5 Å². The van der Waals surface area contributed by atoms with E-state index in [0.29, 0.717) is 28.6 Å². The second kappa shape index (κ2) is 8.07. The number of aromatic nitrogens is 1. The highest BCUT2D eigenvalue weighted by atomic mass is 16.3. The Balaban J connectivity index is 1.66. The molecular weight excluding hydrogens is 376 g/mol. The normalized spacial score (nSPS) is 15.8. The van der Waals surface area contributed by atoms with E-state index in [1.165, 1.54) is 0 Å². The Labute approximate surface area is 176 Å². The number of rotatable bonds is 4. The van der Waals surface area contributed by atoms with Gasteiger partial charge in [0.15, 0.2) is 0 Å². The molecule has 0 radical (unpaired) electrons. The van der Waals surface area contributed by atoms with Crippen LogP contribution in [0, 0.1) is 13.8 Å². The predicted molar refractivity (Wildman–Crippen MR) is 120 cm³/mol. The number of aryl methyl sites for hydroxylation is 2. The zero-order valence-electron chi connectivity index (χ0n) is 17.6. The Bertz CT molecular complexity index is 1160. The number of nitrogens with zero attached hydrogens (tertiary/aromatic N) is 1. The second-order valence-corrected chi connectivity index (χ2v) is 8.57. The van der Waals surface area contributed by atoms with Crippen LogP contribution in [0.1, 0.15) is 53.6 Å². The van der Waals surface area contributed by atoms with E-state index in [1.54, 1.807) is 22.9 Å². The van der Waals surface area contributed by atoms with E-state index >= 15 is 0 Å². The number of carbonyl (C=O) groups excluding carboxylic acids is 1. The zero-order chi connectivity index (χ0) is 21.3. The van der Waals surface area contributed by atoms with Crippen molar-refractivity contribution in [3.8, 4) is 0 Å². The lowest BCUT2D eigenvalue weighted by Crippen LogP contribution is -2.39. The summed E-state index contributed by atoms with van der Waals surface area (Å²) >= 11 is 0. The zero-order valence-corrected chi connectivity index (χ0v) is 17.6. The maximum Gasteiger partial charge on any atom is 0.258 e. The summed E-state index contributed by atoms with van der Waals surface area (Å²) in [6, 6.07) is 13.0. The van der Waals surface area contributed by atoms with Gasteiger partial charge in [-0.2, -0.15) is 0 Å². The monoisotopic (exact) mass is 404 g/mol. The Morgan fingerprint density at radius 3 is 2.60 bits per heavy atom. The lowest BCUT2D eigenvalue weighted by molar-refractivity contribution is -0.0121. The molecule has 0 bridgehead atoms. The van der Waals surface area contributed by atoms with E-state index in [4.69, 9.17) is 0 Å². The van der Waals surface area contributed by atoms with Crippen LogP contribution in [0.3, 0.4) is 0 Å². The molecule has 0 atom stereocenters. The molecule has 1 amide bonds. The van der Waals surface area contributed by atoms with Gasteiger partial charge in [0.25, 0.3) is 11.5 Å². The van der Waals surface area contributed by atoms with Crippen molar-refractivity contribution < 1.29 is 9.90 Å². The van der Waals surface area contributed by atoms with E-state index in [9.17, 15) is 14.7 Å². The summed E-state index contributed by atoms with van der Waals surface area (Å²) in [5, 5.41) is 15.1. The molecule has 156 valence electrons. The molecule has 3 aromatic rings. The highest BCUT2D eigenvalue weighted by Crippen LogP contribution is 2.29. The Morgan fingerprint density at radius 1 is 1.07 bits per heavy atom. The van der Waals surface area contributed by atoms with Crippen molar-refractivity contribution in [2.45, 2.75) is 58.1 Å². The number of amides is 1. The predicted octanol–water partition coefficient (Wildman–Crippen LogP) is 4.57. The molecule has 4 rings (SSSR count). The van der Waals surface area contributed by atoms with Crippen molar-refractivity contribution in [3.05, 3.63) is 75.7 Å². The Morgan fingerprint density at radius 2 is 1.83 bits per heavy atom. The topological polar surface area (TPSA) is 71.3 Å². The van der Waals surface area contributed by atoms with Crippen LogP contribution in [-0.2, 0) is 6.54 Å². The van der Waals surface area contributed by atoms with E-state index in [2.05, 4.69) is 5.32 Å². The van der Waals surface area contributed by atoms with Gasteiger partial charge in [-0.1, -0.05) is 43.0 Å². The van der Waals surface area contributed by atoms with Gasteiger partial charge in [-0.3, -0.25) is 9.59 Å². The molecule has 1 fully saturated rings. The number of hydrogen-bond acceptors (Lipinski definition) is 3. The average Bonchev–Trinajstić information content (AvgIpc) is 2.72. The molecule has 2 aromatic carbocycles. The van der Waals surface area contributed by atoms with Crippen LogP contribution in [-0.4, -0.2) is 21.2 Å². The molecule has 1 saturated carbocycles. The maximum atomic E-state index is 13.1. The smallest absolute Gasteiger partial charge is 0.258 e. The first kappa shape index (κ1) is 20.4. The minimum Gasteiger partial charge on any atom is -0.388 e.